The van der Waals surface area contributed by atoms with E-state index in [-0.39, 0.29) is 28.0 Å². The Morgan fingerprint density at radius 1 is 0.886 bits per heavy atom. The zero-order valence-electron chi connectivity index (χ0n) is 20.1. The van der Waals surface area contributed by atoms with Crippen LogP contribution in [-0.4, -0.2) is 32.4 Å². The van der Waals surface area contributed by atoms with Crippen LogP contribution in [0.2, 0.25) is 0 Å². The van der Waals surface area contributed by atoms with Gasteiger partial charge in [-0.05, 0) is 30.5 Å². The highest BCUT2D eigenvalue weighted by Crippen LogP contribution is 2.32. The Hall–Kier alpha value is -4.01. The van der Waals surface area contributed by atoms with Crippen LogP contribution in [0.15, 0.2) is 51.9 Å². The van der Waals surface area contributed by atoms with Crippen molar-refractivity contribution in [3.63, 3.8) is 0 Å². The molecule has 3 aromatic rings. The highest BCUT2D eigenvalue weighted by Gasteiger charge is 2.19. The molecule has 0 aliphatic heterocycles. The molecule has 0 saturated carbocycles. The van der Waals surface area contributed by atoms with Gasteiger partial charge in [0.05, 0.1) is 12.7 Å². The lowest BCUT2D eigenvalue weighted by Crippen LogP contribution is -2.28. The predicted octanol–water partition coefficient (Wildman–Crippen LogP) is 5.25. The molecule has 0 saturated heterocycles. The molecule has 186 valence electrons. The van der Waals surface area contributed by atoms with Crippen molar-refractivity contribution in [2.45, 2.75) is 39.5 Å². The van der Waals surface area contributed by atoms with Crippen molar-refractivity contribution >= 4 is 23.2 Å². The van der Waals surface area contributed by atoms with Gasteiger partial charge in [0.25, 0.3) is 0 Å². The SMILES string of the molecule is CCCCNC(=O)Oc1cc(OC(=O)NCCCC)c2c(=O)c(-c3ccc(OC)cc3)coc2c1. The molecule has 9 nitrogen and oxygen atoms in total. The lowest BCUT2D eigenvalue weighted by molar-refractivity contribution is 0.199. The average Bonchev–Trinajstić information content (AvgIpc) is 2.84. The van der Waals surface area contributed by atoms with Gasteiger partial charge in [-0.1, -0.05) is 38.8 Å². The summed E-state index contributed by atoms with van der Waals surface area (Å²) in [6.45, 7) is 4.90. The van der Waals surface area contributed by atoms with E-state index in [4.69, 9.17) is 18.6 Å². The van der Waals surface area contributed by atoms with E-state index in [0.29, 0.717) is 24.4 Å². The number of rotatable bonds is 10. The molecule has 2 N–H and O–H groups in total. The Bertz CT molecular complexity index is 1220. The maximum absolute atomic E-state index is 13.4. The second kappa shape index (κ2) is 12.5. The fourth-order valence-corrected chi connectivity index (χ4v) is 3.32. The molecular formula is C26H30N2O7. The van der Waals surface area contributed by atoms with Gasteiger partial charge in [0, 0.05) is 25.2 Å². The molecule has 1 aromatic heterocycles. The Morgan fingerprint density at radius 3 is 2.11 bits per heavy atom. The number of amides is 2. The molecular weight excluding hydrogens is 452 g/mol. The molecule has 1 heterocycles. The smallest absolute Gasteiger partial charge is 0.412 e. The fourth-order valence-electron chi connectivity index (χ4n) is 3.32. The van der Waals surface area contributed by atoms with Crippen LogP contribution in [0.4, 0.5) is 9.59 Å². The van der Waals surface area contributed by atoms with Gasteiger partial charge in [-0.3, -0.25) is 4.79 Å². The summed E-state index contributed by atoms with van der Waals surface area (Å²) in [5.74, 6) is 0.644. The first-order valence-electron chi connectivity index (χ1n) is 11.6. The van der Waals surface area contributed by atoms with E-state index < -0.39 is 17.6 Å². The lowest BCUT2D eigenvalue weighted by atomic mass is 10.0. The van der Waals surface area contributed by atoms with E-state index in [2.05, 4.69) is 10.6 Å². The largest absolute Gasteiger partial charge is 0.497 e. The molecule has 0 fully saturated rings. The molecule has 0 spiro atoms. The number of carbonyl (C=O) groups excluding carboxylic acids is 2. The summed E-state index contributed by atoms with van der Waals surface area (Å²) in [7, 11) is 1.55. The van der Waals surface area contributed by atoms with Crippen LogP contribution in [0.3, 0.4) is 0 Å². The first kappa shape index (κ1) is 25.6. The fraction of sp³-hybridized carbons (Fsp3) is 0.346. The lowest BCUT2D eigenvalue weighted by Gasteiger charge is -2.12. The number of hydrogen-bond donors (Lipinski definition) is 2. The average molecular weight is 483 g/mol. The zero-order valence-corrected chi connectivity index (χ0v) is 20.1. The predicted molar refractivity (Wildman–Crippen MR) is 132 cm³/mol. The molecule has 0 bridgehead atoms. The van der Waals surface area contributed by atoms with Gasteiger partial charge in [-0.2, -0.15) is 0 Å². The van der Waals surface area contributed by atoms with Gasteiger partial charge in [-0.15, -0.1) is 0 Å². The Balaban J connectivity index is 2.00. The minimum atomic E-state index is -0.724. The zero-order chi connectivity index (χ0) is 25.2. The van der Waals surface area contributed by atoms with Crippen LogP contribution in [0.1, 0.15) is 39.5 Å². The Kier molecular flexibility index (Phi) is 9.11. The highest BCUT2D eigenvalue weighted by atomic mass is 16.6. The van der Waals surface area contributed by atoms with E-state index in [0.717, 1.165) is 25.7 Å². The quantitative estimate of drug-likeness (QED) is 0.379. The number of ether oxygens (including phenoxy) is 3. The van der Waals surface area contributed by atoms with Crippen LogP contribution in [0.25, 0.3) is 22.1 Å². The molecule has 2 amide bonds. The molecule has 0 aliphatic rings. The van der Waals surface area contributed by atoms with Crippen molar-refractivity contribution in [3.8, 4) is 28.4 Å². The number of methoxy groups -OCH3 is 1. The van der Waals surface area contributed by atoms with Crippen molar-refractivity contribution in [1.29, 1.82) is 0 Å². The third-order valence-electron chi connectivity index (χ3n) is 5.23. The summed E-state index contributed by atoms with van der Waals surface area (Å²) in [5, 5.41) is 5.34. The maximum atomic E-state index is 13.4. The van der Waals surface area contributed by atoms with E-state index >= 15 is 0 Å². The van der Waals surface area contributed by atoms with Crippen LogP contribution in [0, 0.1) is 0 Å². The van der Waals surface area contributed by atoms with Gasteiger partial charge in [0.15, 0.2) is 5.75 Å². The summed E-state index contributed by atoms with van der Waals surface area (Å²) in [4.78, 5) is 37.9. The summed E-state index contributed by atoms with van der Waals surface area (Å²) in [6, 6.07) is 9.66. The van der Waals surface area contributed by atoms with Crippen LogP contribution < -0.4 is 30.3 Å². The monoisotopic (exact) mass is 482 g/mol. The number of nitrogens with one attached hydrogen (secondary N) is 2. The summed E-state index contributed by atoms with van der Waals surface area (Å²) in [5.41, 5.74) is 0.604. The van der Waals surface area contributed by atoms with Crippen molar-refractivity contribution < 1.29 is 28.2 Å². The third kappa shape index (κ3) is 6.75. The number of carbonyl (C=O) groups is 2. The molecule has 2 aromatic carbocycles. The van der Waals surface area contributed by atoms with Crippen LogP contribution in [-0.2, 0) is 0 Å². The molecule has 0 unspecified atom stereocenters. The Morgan fingerprint density at radius 2 is 1.51 bits per heavy atom. The molecule has 0 aliphatic carbocycles. The molecule has 35 heavy (non-hydrogen) atoms. The van der Waals surface area contributed by atoms with Crippen LogP contribution >= 0.6 is 0 Å². The van der Waals surface area contributed by atoms with Gasteiger partial charge < -0.3 is 29.3 Å². The first-order chi connectivity index (χ1) is 17.0. The highest BCUT2D eigenvalue weighted by molar-refractivity contribution is 5.91. The summed E-state index contributed by atoms with van der Waals surface area (Å²) in [6.07, 6.45) is 3.34. The van der Waals surface area contributed by atoms with E-state index in [9.17, 15) is 14.4 Å². The van der Waals surface area contributed by atoms with Crippen molar-refractivity contribution in [2.75, 3.05) is 20.2 Å². The van der Waals surface area contributed by atoms with E-state index in [1.807, 2.05) is 13.8 Å². The van der Waals surface area contributed by atoms with Gasteiger partial charge in [0.1, 0.15) is 28.7 Å². The van der Waals surface area contributed by atoms with E-state index in [1.54, 1.807) is 31.4 Å². The van der Waals surface area contributed by atoms with Crippen LogP contribution in [0.5, 0.6) is 17.2 Å². The first-order valence-corrected chi connectivity index (χ1v) is 11.6. The van der Waals surface area contributed by atoms with Crippen molar-refractivity contribution in [2.24, 2.45) is 0 Å². The number of benzene rings is 2. The molecule has 0 radical (unpaired) electrons. The standard InChI is InChI=1S/C26H30N2O7/c1-4-6-12-27-25(30)34-19-14-21-23(22(15-19)35-26(31)28-13-7-5-2)24(29)20(16-33-21)17-8-10-18(32-3)11-9-17/h8-11,14-16H,4-7,12-13H2,1-3H3,(H,27,30)(H,28,31). The Labute approximate surface area is 203 Å². The number of fused-ring (bicyclic) bond motifs is 1. The van der Waals surface area contributed by atoms with Crippen molar-refractivity contribution in [3.05, 3.63) is 52.9 Å². The van der Waals surface area contributed by atoms with Gasteiger partial charge in [0.2, 0.25) is 5.43 Å². The number of hydrogen-bond acceptors (Lipinski definition) is 7. The molecule has 3 rings (SSSR count). The summed E-state index contributed by atoms with van der Waals surface area (Å²) < 4.78 is 21.7. The normalized spacial score (nSPS) is 10.6. The molecule has 9 heteroatoms. The maximum Gasteiger partial charge on any atom is 0.412 e. The topological polar surface area (TPSA) is 116 Å². The van der Waals surface area contributed by atoms with Gasteiger partial charge in [-0.25, -0.2) is 9.59 Å². The van der Waals surface area contributed by atoms with E-state index in [1.165, 1.54) is 18.4 Å². The summed E-state index contributed by atoms with van der Waals surface area (Å²) >= 11 is 0. The van der Waals surface area contributed by atoms with Crippen molar-refractivity contribution in [1.82, 2.24) is 10.6 Å². The minimum absolute atomic E-state index is 0.0581. The minimum Gasteiger partial charge on any atom is -0.497 e. The number of unbranched alkanes of at least 4 members (excludes halogenated alkanes) is 2. The molecule has 0 atom stereocenters. The third-order valence-corrected chi connectivity index (χ3v) is 5.23. The second-order valence-corrected chi connectivity index (χ2v) is 7.84. The second-order valence-electron chi connectivity index (χ2n) is 7.84. The van der Waals surface area contributed by atoms with Gasteiger partial charge >= 0.3 is 12.2 Å².